The van der Waals surface area contributed by atoms with Crippen LogP contribution < -0.4 is 5.32 Å². The maximum atomic E-state index is 12.6. The maximum Gasteiger partial charge on any atom is 0.244 e. The van der Waals surface area contributed by atoms with Gasteiger partial charge in [-0.25, -0.2) is 8.42 Å². The molecule has 0 aliphatic carbocycles. The van der Waals surface area contributed by atoms with Crippen LogP contribution in [-0.4, -0.2) is 38.8 Å². The number of nitrogens with zero attached hydrogens (tertiary/aromatic N) is 1. The van der Waals surface area contributed by atoms with Gasteiger partial charge in [-0.15, -0.1) is 11.3 Å². The second kappa shape index (κ2) is 5.83. The third-order valence-electron chi connectivity index (χ3n) is 3.68. The molecule has 0 aromatic carbocycles. The van der Waals surface area contributed by atoms with Crippen LogP contribution in [0, 0.1) is 19.8 Å². The zero-order valence-electron chi connectivity index (χ0n) is 12.0. The zero-order valence-corrected chi connectivity index (χ0v) is 13.6. The van der Waals surface area contributed by atoms with E-state index in [0.29, 0.717) is 30.8 Å². The van der Waals surface area contributed by atoms with E-state index in [-0.39, 0.29) is 11.8 Å². The molecule has 2 heterocycles. The fourth-order valence-electron chi connectivity index (χ4n) is 2.57. The van der Waals surface area contributed by atoms with E-state index in [4.69, 9.17) is 0 Å². The Bertz CT molecular complexity index is 599. The first kappa shape index (κ1) is 15.5. The topological polar surface area (TPSA) is 66.5 Å². The SMILES string of the molecule is CNC(=O)C1CCN(S(=O)(=O)c2cc(C)sc2C)CC1. The van der Waals surface area contributed by atoms with Gasteiger partial charge in [-0.2, -0.15) is 4.31 Å². The molecule has 1 amide bonds. The molecule has 0 saturated carbocycles. The molecule has 0 bridgehead atoms. The molecule has 112 valence electrons. The van der Waals surface area contributed by atoms with Crippen molar-refractivity contribution in [2.24, 2.45) is 5.92 Å². The van der Waals surface area contributed by atoms with E-state index in [1.54, 1.807) is 13.1 Å². The van der Waals surface area contributed by atoms with Crippen molar-refractivity contribution in [1.29, 1.82) is 0 Å². The Morgan fingerprint density at radius 2 is 1.95 bits per heavy atom. The average molecular weight is 316 g/mol. The molecule has 1 aliphatic heterocycles. The Kier molecular flexibility index (Phi) is 4.51. The zero-order chi connectivity index (χ0) is 14.9. The lowest BCUT2D eigenvalue weighted by atomic mass is 9.97. The van der Waals surface area contributed by atoms with Crippen LogP contribution in [-0.2, 0) is 14.8 Å². The summed E-state index contributed by atoms with van der Waals surface area (Å²) in [7, 11) is -1.80. The van der Waals surface area contributed by atoms with Crippen LogP contribution in [0.3, 0.4) is 0 Å². The molecule has 1 aromatic rings. The van der Waals surface area contributed by atoms with E-state index in [1.807, 2.05) is 13.8 Å². The number of nitrogens with one attached hydrogen (secondary N) is 1. The van der Waals surface area contributed by atoms with E-state index >= 15 is 0 Å². The Hall–Kier alpha value is -0.920. The van der Waals surface area contributed by atoms with Crippen LogP contribution in [0.15, 0.2) is 11.0 Å². The molecule has 1 aliphatic rings. The fraction of sp³-hybridized carbons (Fsp3) is 0.615. The van der Waals surface area contributed by atoms with Crippen molar-refractivity contribution in [1.82, 2.24) is 9.62 Å². The van der Waals surface area contributed by atoms with E-state index in [9.17, 15) is 13.2 Å². The Morgan fingerprint density at radius 3 is 2.40 bits per heavy atom. The van der Waals surface area contributed by atoms with Crippen molar-refractivity contribution in [2.45, 2.75) is 31.6 Å². The molecule has 20 heavy (non-hydrogen) atoms. The van der Waals surface area contributed by atoms with Gasteiger partial charge in [0.05, 0.1) is 4.90 Å². The number of rotatable bonds is 3. The Labute approximate surface area is 124 Å². The minimum Gasteiger partial charge on any atom is -0.359 e. The third-order valence-corrected chi connectivity index (χ3v) is 6.80. The highest BCUT2D eigenvalue weighted by atomic mass is 32.2. The third kappa shape index (κ3) is 2.89. The summed E-state index contributed by atoms with van der Waals surface area (Å²) >= 11 is 1.50. The lowest BCUT2D eigenvalue weighted by molar-refractivity contribution is -0.125. The number of piperidine rings is 1. The predicted molar refractivity (Wildman–Crippen MR) is 79.3 cm³/mol. The lowest BCUT2D eigenvalue weighted by Gasteiger charge is -2.30. The molecular weight excluding hydrogens is 296 g/mol. The molecule has 0 spiro atoms. The molecule has 5 nitrogen and oxygen atoms in total. The maximum absolute atomic E-state index is 12.6. The summed E-state index contributed by atoms with van der Waals surface area (Å²) < 4.78 is 26.7. The van der Waals surface area contributed by atoms with Gasteiger partial charge >= 0.3 is 0 Å². The summed E-state index contributed by atoms with van der Waals surface area (Å²) in [5, 5.41) is 2.63. The predicted octanol–water partition coefficient (Wildman–Crippen LogP) is 1.51. The summed E-state index contributed by atoms with van der Waals surface area (Å²) in [5.74, 6) is -0.0682. The van der Waals surface area contributed by atoms with Gasteiger partial charge in [0.15, 0.2) is 0 Å². The van der Waals surface area contributed by atoms with Gasteiger partial charge in [-0.05, 0) is 32.8 Å². The highest BCUT2D eigenvalue weighted by molar-refractivity contribution is 7.89. The standard InChI is InChI=1S/C13H20N2O3S2/c1-9-8-12(10(2)19-9)20(17,18)15-6-4-11(5-7-15)13(16)14-3/h8,11H,4-7H2,1-3H3,(H,14,16). The first-order valence-corrected chi connectivity index (χ1v) is 8.90. The molecule has 0 radical (unpaired) electrons. The number of hydrogen-bond donors (Lipinski definition) is 1. The summed E-state index contributed by atoms with van der Waals surface area (Å²) in [4.78, 5) is 13.8. The minimum atomic E-state index is -3.42. The van der Waals surface area contributed by atoms with Crippen LogP contribution in [0.5, 0.6) is 0 Å². The van der Waals surface area contributed by atoms with E-state index in [0.717, 1.165) is 9.75 Å². The second-order valence-electron chi connectivity index (χ2n) is 5.07. The first-order chi connectivity index (χ1) is 9.36. The number of amides is 1. The summed E-state index contributed by atoms with van der Waals surface area (Å²) in [6.45, 7) is 4.57. The molecule has 0 atom stereocenters. The van der Waals surface area contributed by atoms with Gasteiger partial charge in [0, 0.05) is 35.8 Å². The summed E-state index contributed by atoms with van der Waals surface area (Å²) in [6, 6.07) is 1.74. The van der Waals surface area contributed by atoms with Gasteiger partial charge in [0.1, 0.15) is 0 Å². The van der Waals surface area contributed by atoms with Crippen molar-refractivity contribution >= 4 is 27.3 Å². The van der Waals surface area contributed by atoms with E-state index in [2.05, 4.69) is 5.32 Å². The van der Waals surface area contributed by atoms with Crippen LogP contribution in [0.1, 0.15) is 22.6 Å². The largest absolute Gasteiger partial charge is 0.359 e. The lowest BCUT2D eigenvalue weighted by Crippen LogP contribution is -2.42. The van der Waals surface area contributed by atoms with Crippen LogP contribution in [0.4, 0.5) is 0 Å². The van der Waals surface area contributed by atoms with Crippen LogP contribution in [0.25, 0.3) is 0 Å². The average Bonchev–Trinajstić information content (AvgIpc) is 2.77. The van der Waals surface area contributed by atoms with Gasteiger partial charge in [-0.3, -0.25) is 4.79 Å². The van der Waals surface area contributed by atoms with Crippen molar-refractivity contribution in [3.8, 4) is 0 Å². The van der Waals surface area contributed by atoms with Crippen LogP contribution >= 0.6 is 11.3 Å². The Morgan fingerprint density at radius 1 is 1.35 bits per heavy atom. The monoisotopic (exact) mass is 316 g/mol. The molecule has 7 heteroatoms. The molecule has 1 saturated heterocycles. The normalized spacial score (nSPS) is 18.1. The molecule has 1 fully saturated rings. The number of aryl methyl sites for hydroxylation is 2. The van der Waals surface area contributed by atoms with Gasteiger partial charge in [0.2, 0.25) is 15.9 Å². The number of sulfonamides is 1. The number of carbonyl (C=O) groups is 1. The van der Waals surface area contributed by atoms with Gasteiger partial charge in [0.25, 0.3) is 0 Å². The van der Waals surface area contributed by atoms with Gasteiger partial charge < -0.3 is 5.32 Å². The van der Waals surface area contributed by atoms with Crippen molar-refractivity contribution in [3.63, 3.8) is 0 Å². The van der Waals surface area contributed by atoms with Crippen molar-refractivity contribution in [3.05, 3.63) is 15.8 Å². The quantitative estimate of drug-likeness (QED) is 0.919. The van der Waals surface area contributed by atoms with Crippen molar-refractivity contribution < 1.29 is 13.2 Å². The Balaban J connectivity index is 2.14. The van der Waals surface area contributed by atoms with E-state index in [1.165, 1.54) is 15.6 Å². The van der Waals surface area contributed by atoms with Gasteiger partial charge in [-0.1, -0.05) is 0 Å². The fourth-order valence-corrected chi connectivity index (χ4v) is 5.56. The number of hydrogen-bond acceptors (Lipinski definition) is 4. The summed E-state index contributed by atoms with van der Waals surface area (Å²) in [6.07, 6.45) is 1.17. The molecule has 2 rings (SSSR count). The van der Waals surface area contributed by atoms with E-state index < -0.39 is 10.0 Å². The molecular formula is C13H20N2O3S2. The van der Waals surface area contributed by atoms with Crippen molar-refractivity contribution in [2.75, 3.05) is 20.1 Å². The minimum absolute atomic E-state index is 0.00427. The highest BCUT2D eigenvalue weighted by Crippen LogP contribution is 2.30. The number of thiophene rings is 1. The summed E-state index contributed by atoms with van der Waals surface area (Å²) in [5.41, 5.74) is 0. The number of carbonyl (C=O) groups excluding carboxylic acids is 1. The molecule has 1 N–H and O–H groups in total. The highest BCUT2D eigenvalue weighted by Gasteiger charge is 2.33. The first-order valence-electron chi connectivity index (χ1n) is 6.65. The molecule has 1 aromatic heterocycles. The smallest absolute Gasteiger partial charge is 0.244 e. The van der Waals surface area contributed by atoms with Crippen LogP contribution in [0.2, 0.25) is 0 Å². The second-order valence-corrected chi connectivity index (χ2v) is 8.44. The molecule has 0 unspecified atom stereocenters.